The molecule has 1 heterocycles. The Kier molecular flexibility index (Phi) is 9.58. The lowest BCUT2D eigenvalue weighted by atomic mass is 9.99. The van der Waals surface area contributed by atoms with E-state index in [1.807, 2.05) is 0 Å². The standard InChI is InChI=1S/C23H29NO9/c1-13-7-8-19(28)22(29)18(27)6-4-5-16-20(31-12-11-24-33-15(3)25)10-9-17(26)21(16)23(30)32-14(13)2/h4-5,7-10,13-14,18,22,24,26-27,29H,6,11-12H2,1-3H3/b5-4+,8-7-/t13-,14-,18-,22-/m0/s1. The zero-order valence-corrected chi connectivity index (χ0v) is 18.7. The summed E-state index contributed by atoms with van der Waals surface area (Å²) in [6.45, 7) is 4.79. The molecule has 10 nitrogen and oxygen atoms in total. The van der Waals surface area contributed by atoms with Crippen molar-refractivity contribution in [3.8, 4) is 11.5 Å². The molecule has 1 aliphatic heterocycles. The molecule has 33 heavy (non-hydrogen) atoms. The predicted octanol–water partition coefficient (Wildman–Crippen LogP) is 1.28. The van der Waals surface area contributed by atoms with Crippen LogP contribution in [-0.4, -0.2) is 64.5 Å². The van der Waals surface area contributed by atoms with Gasteiger partial charge in [0.25, 0.3) is 0 Å². The molecule has 0 bridgehead atoms. The van der Waals surface area contributed by atoms with Gasteiger partial charge in [-0.1, -0.05) is 25.2 Å². The molecule has 0 saturated carbocycles. The molecule has 0 radical (unpaired) electrons. The van der Waals surface area contributed by atoms with Crippen LogP contribution in [0.4, 0.5) is 0 Å². The molecular formula is C23H29NO9. The van der Waals surface area contributed by atoms with E-state index in [9.17, 15) is 29.7 Å². The van der Waals surface area contributed by atoms with E-state index >= 15 is 0 Å². The summed E-state index contributed by atoms with van der Waals surface area (Å²) in [5, 5.41) is 30.6. The third-order valence-electron chi connectivity index (χ3n) is 4.98. The quantitative estimate of drug-likeness (QED) is 0.285. The van der Waals surface area contributed by atoms with E-state index in [1.54, 1.807) is 13.8 Å². The second kappa shape index (κ2) is 12.1. The maximum Gasteiger partial charge on any atom is 0.342 e. The number of nitrogens with one attached hydrogen (secondary N) is 1. The lowest BCUT2D eigenvalue weighted by Gasteiger charge is -2.21. The molecule has 4 N–H and O–H groups in total. The summed E-state index contributed by atoms with van der Waals surface area (Å²) in [6, 6.07) is 2.74. The average Bonchev–Trinajstić information content (AvgIpc) is 2.76. The molecule has 180 valence electrons. The number of ketones is 1. The van der Waals surface area contributed by atoms with Gasteiger partial charge in [0.1, 0.15) is 35.9 Å². The van der Waals surface area contributed by atoms with Crippen molar-refractivity contribution in [2.45, 2.75) is 45.5 Å². The number of aliphatic hydroxyl groups excluding tert-OH is 2. The Hall–Kier alpha value is -3.21. The van der Waals surface area contributed by atoms with Crippen LogP contribution >= 0.6 is 0 Å². The molecular weight excluding hydrogens is 434 g/mol. The lowest BCUT2D eigenvalue weighted by Crippen LogP contribution is -2.32. The van der Waals surface area contributed by atoms with Crippen molar-refractivity contribution in [2.24, 2.45) is 5.92 Å². The summed E-state index contributed by atoms with van der Waals surface area (Å²) in [5.74, 6) is -2.48. The van der Waals surface area contributed by atoms with Crippen molar-refractivity contribution < 1.29 is 44.0 Å². The summed E-state index contributed by atoms with van der Waals surface area (Å²) in [6.07, 6.45) is 1.74. The number of cyclic esters (lactones) is 1. The molecule has 0 aliphatic carbocycles. The Morgan fingerprint density at radius 1 is 1.21 bits per heavy atom. The highest BCUT2D eigenvalue weighted by Crippen LogP contribution is 2.33. The maximum absolute atomic E-state index is 12.9. The summed E-state index contributed by atoms with van der Waals surface area (Å²) in [5.41, 5.74) is 2.47. The number of hydroxylamine groups is 1. The van der Waals surface area contributed by atoms with E-state index in [-0.39, 0.29) is 42.2 Å². The van der Waals surface area contributed by atoms with Gasteiger partial charge in [0.05, 0.1) is 12.6 Å². The topological polar surface area (TPSA) is 152 Å². The number of fused-ring (bicyclic) bond motifs is 1. The van der Waals surface area contributed by atoms with Crippen LogP contribution in [0.25, 0.3) is 6.08 Å². The van der Waals surface area contributed by atoms with Gasteiger partial charge in [-0.25, -0.2) is 4.79 Å². The van der Waals surface area contributed by atoms with E-state index in [1.165, 1.54) is 37.3 Å². The van der Waals surface area contributed by atoms with Crippen molar-refractivity contribution in [2.75, 3.05) is 13.2 Å². The molecule has 1 aromatic carbocycles. The first-order valence-corrected chi connectivity index (χ1v) is 10.5. The fourth-order valence-corrected chi connectivity index (χ4v) is 2.93. The minimum atomic E-state index is -1.62. The minimum Gasteiger partial charge on any atom is -0.507 e. The number of carbonyl (C=O) groups excluding carboxylic acids is 3. The minimum absolute atomic E-state index is 0.0570. The normalized spacial score (nSPS) is 25.8. The third kappa shape index (κ3) is 7.41. The van der Waals surface area contributed by atoms with Gasteiger partial charge >= 0.3 is 11.9 Å². The van der Waals surface area contributed by atoms with Gasteiger partial charge < -0.3 is 29.6 Å². The Balaban J connectivity index is 2.39. The number of hydrogen-bond acceptors (Lipinski definition) is 10. The first-order valence-electron chi connectivity index (χ1n) is 10.5. The van der Waals surface area contributed by atoms with Crippen LogP contribution in [-0.2, 0) is 19.2 Å². The van der Waals surface area contributed by atoms with Crippen LogP contribution in [0.15, 0.2) is 30.4 Å². The lowest BCUT2D eigenvalue weighted by molar-refractivity contribution is -0.148. The molecule has 0 unspecified atom stereocenters. The zero-order chi connectivity index (χ0) is 24.5. The van der Waals surface area contributed by atoms with Gasteiger partial charge in [-0.15, -0.1) is 5.48 Å². The van der Waals surface area contributed by atoms with Gasteiger partial charge in [0.15, 0.2) is 5.78 Å². The van der Waals surface area contributed by atoms with Crippen molar-refractivity contribution in [1.82, 2.24) is 5.48 Å². The predicted molar refractivity (Wildman–Crippen MR) is 117 cm³/mol. The monoisotopic (exact) mass is 463 g/mol. The molecule has 4 atom stereocenters. The van der Waals surface area contributed by atoms with Crippen LogP contribution in [0, 0.1) is 5.92 Å². The zero-order valence-electron chi connectivity index (χ0n) is 18.7. The smallest absolute Gasteiger partial charge is 0.342 e. The first kappa shape index (κ1) is 26.0. The SMILES string of the molecule is CC(=O)ONCCOc1ccc(O)c2c1/C=C/C[C@H](O)[C@H](O)C(=O)/C=C\[C@H](C)[C@H](C)OC2=O. The Morgan fingerprint density at radius 2 is 1.94 bits per heavy atom. The number of esters is 1. The molecule has 0 amide bonds. The fraction of sp³-hybridized carbons (Fsp3) is 0.435. The van der Waals surface area contributed by atoms with E-state index in [0.717, 1.165) is 6.08 Å². The average molecular weight is 463 g/mol. The van der Waals surface area contributed by atoms with Gasteiger partial charge in [0, 0.05) is 18.4 Å². The Labute approximate surface area is 191 Å². The summed E-state index contributed by atoms with van der Waals surface area (Å²) in [4.78, 5) is 40.4. The second-order valence-corrected chi connectivity index (χ2v) is 7.59. The van der Waals surface area contributed by atoms with Crippen molar-refractivity contribution in [3.05, 3.63) is 41.5 Å². The van der Waals surface area contributed by atoms with Crippen molar-refractivity contribution >= 4 is 23.8 Å². The van der Waals surface area contributed by atoms with E-state index < -0.39 is 42.0 Å². The van der Waals surface area contributed by atoms with Gasteiger partial charge in [-0.3, -0.25) is 9.59 Å². The van der Waals surface area contributed by atoms with Crippen LogP contribution in [0.2, 0.25) is 0 Å². The molecule has 10 heteroatoms. The number of aliphatic hydroxyl groups is 2. The number of rotatable bonds is 5. The number of benzene rings is 1. The number of phenolic OH excluding ortho intramolecular Hbond substituents is 1. The third-order valence-corrected chi connectivity index (χ3v) is 4.98. The van der Waals surface area contributed by atoms with Crippen molar-refractivity contribution in [3.63, 3.8) is 0 Å². The molecule has 0 fully saturated rings. The molecule has 0 aromatic heterocycles. The summed E-state index contributed by atoms with van der Waals surface area (Å²) in [7, 11) is 0. The summed E-state index contributed by atoms with van der Waals surface area (Å²) < 4.78 is 11.2. The summed E-state index contributed by atoms with van der Waals surface area (Å²) >= 11 is 0. The first-order chi connectivity index (χ1) is 15.6. The van der Waals surface area contributed by atoms with E-state index in [0.29, 0.717) is 0 Å². The molecule has 2 rings (SSSR count). The maximum atomic E-state index is 12.9. The van der Waals surface area contributed by atoms with E-state index in [2.05, 4.69) is 10.3 Å². The van der Waals surface area contributed by atoms with Crippen LogP contribution < -0.4 is 10.2 Å². The second-order valence-electron chi connectivity index (χ2n) is 7.59. The number of hydrogen-bond donors (Lipinski definition) is 4. The highest BCUT2D eigenvalue weighted by atomic mass is 16.7. The highest BCUT2D eigenvalue weighted by molar-refractivity contribution is 5.98. The van der Waals surface area contributed by atoms with Gasteiger partial charge in [0.2, 0.25) is 0 Å². The highest BCUT2D eigenvalue weighted by Gasteiger charge is 2.26. The molecule has 0 spiro atoms. The molecule has 0 saturated heterocycles. The van der Waals surface area contributed by atoms with Crippen LogP contribution in [0.1, 0.15) is 43.1 Å². The molecule has 1 aromatic rings. The number of carbonyl (C=O) groups is 3. The largest absolute Gasteiger partial charge is 0.507 e. The molecule has 1 aliphatic rings. The number of ether oxygens (including phenoxy) is 2. The Morgan fingerprint density at radius 3 is 2.64 bits per heavy atom. The fourth-order valence-electron chi connectivity index (χ4n) is 2.93. The number of phenols is 1. The van der Waals surface area contributed by atoms with Gasteiger partial charge in [-0.2, -0.15) is 0 Å². The van der Waals surface area contributed by atoms with Crippen LogP contribution in [0.5, 0.6) is 11.5 Å². The van der Waals surface area contributed by atoms with Crippen LogP contribution in [0.3, 0.4) is 0 Å². The van der Waals surface area contributed by atoms with Gasteiger partial charge in [-0.05, 0) is 31.6 Å². The Bertz CT molecular complexity index is 925. The van der Waals surface area contributed by atoms with E-state index in [4.69, 9.17) is 9.47 Å². The number of aromatic hydroxyl groups is 1. The van der Waals surface area contributed by atoms with Crippen molar-refractivity contribution in [1.29, 1.82) is 0 Å².